The van der Waals surface area contributed by atoms with Crippen molar-refractivity contribution >= 4 is 29.8 Å². The average molecular weight is 404 g/mol. The summed E-state index contributed by atoms with van der Waals surface area (Å²) in [6.45, 7) is 5.26. The molecule has 29 heavy (non-hydrogen) atoms. The summed E-state index contributed by atoms with van der Waals surface area (Å²) >= 11 is 0. The zero-order valence-corrected chi connectivity index (χ0v) is 17.2. The smallest absolute Gasteiger partial charge is 0.343 e. The normalized spacial score (nSPS) is 13.0. The molecule has 0 fully saturated rings. The number of ether oxygens (including phenoxy) is 2. The van der Waals surface area contributed by atoms with E-state index >= 15 is 0 Å². The summed E-state index contributed by atoms with van der Waals surface area (Å²) in [4.78, 5) is 40.0. The topological polar surface area (TPSA) is 114 Å². The van der Waals surface area contributed by atoms with Crippen LogP contribution in [0.15, 0.2) is 40.9 Å². The first kappa shape index (κ1) is 23.9. The average Bonchev–Trinajstić information content (AvgIpc) is 2.70. The van der Waals surface area contributed by atoms with Crippen LogP contribution in [-0.4, -0.2) is 55.5 Å². The van der Waals surface area contributed by atoms with Crippen molar-refractivity contribution in [3.8, 4) is 0 Å². The Morgan fingerprint density at radius 3 is 2.41 bits per heavy atom. The zero-order chi connectivity index (χ0) is 21.8. The van der Waals surface area contributed by atoms with Crippen LogP contribution >= 0.6 is 0 Å². The molecule has 2 N–H and O–H groups in total. The van der Waals surface area contributed by atoms with E-state index < -0.39 is 23.9 Å². The monoisotopic (exact) mass is 404 g/mol. The molecule has 0 radical (unpaired) electrons. The van der Waals surface area contributed by atoms with Gasteiger partial charge in [0.05, 0.1) is 13.7 Å². The summed E-state index contributed by atoms with van der Waals surface area (Å²) in [5.74, 6) is -1.95. The molecule has 1 aromatic carbocycles. The van der Waals surface area contributed by atoms with E-state index in [1.165, 1.54) is 7.11 Å². The Bertz CT molecular complexity index is 756. The van der Waals surface area contributed by atoms with Gasteiger partial charge in [0.25, 0.3) is 0 Å². The summed E-state index contributed by atoms with van der Waals surface area (Å²) in [5, 5.41) is 13.0. The predicted octanol–water partition coefficient (Wildman–Crippen LogP) is 2.29. The van der Waals surface area contributed by atoms with Crippen LogP contribution in [0.4, 0.5) is 0 Å². The molecule has 1 aromatic rings. The second-order valence-corrected chi connectivity index (χ2v) is 6.59. The van der Waals surface area contributed by atoms with Crippen LogP contribution in [0.1, 0.15) is 32.8 Å². The first-order valence-electron chi connectivity index (χ1n) is 9.32. The molecule has 1 rings (SSSR count). The molecular weight excluding hydrogens is 376 g/mol. The molecule has 1 amide bonds. The van der Waals surface area contributed by atoms with Crippen LogP contribution in [0.3, 0.4) is 0 Å². The highest BCUT2D eigenvalue weighted by molar-refractivity contribution is 6.15. The Kier molecular flexibility index (Phi) is 10.2. The lowest BCUT2D eigenvalue weighted by Crippen LogP contribution is -2.43. The van der Waals surface area contributed by atoms with Crippen LogP contribution in [0, 0.1) is 5.92 Å². The summed E-state index contributed by atoms with van der Waals surface area (Å²) in [7, 11) is 1.25. The molecule has 8 heteroatoms. The minimum absolute atomic E-state index is 0.120. The van der Waals surface area contributed by atoms with Crippen LogP contribution in [0.2, 0.25) is 0 Å². The van der Waals surface area contributed by atoms with Crippen molar-refractivity contribution in [2.75, 3.05) is 20.3 Å². The van der Waals surface area contributed by atoms with Crippen molar-refractivity contribution in [1.29, 1.82) is 0 Å². The highest BCUT2D eigenvalue weighted by Crippen LogP contribution is 2.16. The Balaban J connectivity index is 2.93. The van der Waals surface area contributed by atoms with Gasteiger partial charge in [-0.3, -0.25) is 9.79 Å². The number of aliphatic hydroxyl groups is 1. The van der Waals surface area contributed by atoms with Crippen molar-refractivity contribution in [2.24, 2.45) is 10.9 Å². The van der Waals surface area contributed by atoms with Gasteiger partial charge >= 0.3 is 11.9 Å². The van der Waals surface area contributed by atoms with E-state index in [0.29, 0.717) is 12.0 Å². The molecule has 0 saturated carbocycles. The van der Waals surface area contributed by atoms with Gasteiger partial charge in [-0.15, -0.1) is 0 Å². The molecule has 0 aliphatic carbocycles. The van der Waals surface area contributed by atoms with E-state index in [2.05, 4.69) is 10.3 Å². The zero-order valence-electron chi connectivity index (χ0n) is 17.2. The fourth-order valence-electron chi connectivity index (χ4n) is 2.46. The van der Waals surface area contributed by atoms with Gasteiger partial charge in [0.15, 0.2) is 0 Å². The number of amides is 1. The highest BCUT2D eigenvalue weighted by atomic mass is 16.5. The molecular formula is C21H28N2O6. The van der Waals surface area contributed by atoms with Crippen LogP contribution in [0.5, 0.6) is 0 Å². The van der Waals surface area contributed by atoms with Gasteiger partial charge in [0, 0.05) is 11.8 Å². The second kappa shape index (κ2) is 12.3. The molecule has 158 valence electrons. The number of aliphatic imine (C=N–C) groups is 1. The number of nitrogens with one attached hydrogen (secondary N) is 1. The van der Waals surface area contributed by atoms with Crippen molar-refractivity contribution < 1.29 is 29.0 Å². The number of nitrogens with zero attached hydrogens (tertiary/aromatic N) is 1. The SMILES string of the molecule is CCOC(=O)/C(C=NCC(=O)N[C@@H](CC(C)C)C(=O)OC)=C(\O)c1ccccc1. The van der Waals surface area contributed by atoms with Gasteiger partial charge in [-0.1, -0.05) is 44.2 Å². The molecule has 0 aliphatic heterocycles. The lowest BCUT2D eigenvalue weighted by molar-refractivity contribution is -0.145. The van der Waals surface area contributed by atoms with Crippen LogP contribution in [0.25, 0.3) is 5.76 Å². The van der Waals surface area contributed by atoms with E-state index in [0.717, 1.165) is 6.21 Å². The van der Waals surface area contributed by atoms with E-state index in [1.54, 1.807) is 37.3 Å². The first-order valence-corrected chi connectivity index (χ1v) is 9.32. The molecule has 0 bridgehead atoms. The predicted molar refractivity (Wildman–Crippen MR) is 109 cm³/mol. The summed E-state index contributed by atoms with van der Waals surface area (Å²) in [6, 6.07) is 7.67. The lowest BCUT2D eigenvalue weighted by atomic mass is 10.0. The lowest BCUT2D eigenvalue weighted by Gasteiger charge is -2.17. The van der Waals surface area contributed by atoms with E-state index in [9.17, 15) is 19.5 Å². The standard InChI is InChI=1S/C21H28N2O6/c1-5-29-20(26)16(19(25)15-9-7-6-8-10-15)12-22-13-18(24)23-17(11-14(2)3)21(27)28-4/h6-10,12,14,17,25H,5,11,13H2,1-4H3,(H,23,24)/b19-16-,22-12?/t17-/m0/s1. The Labute approximate surface area is 170 Å². The summed E-state index contributed by atoms with van der Waals surface area (Å²) in [5.41, 5.74) is 0.242. The van der Waals surface area contributed by atoms with E-state index in [-0.39, 0.29) is 30.4 Å². The molecule has 8 nitrogen and oxygen atoms in total. The number of hydrogen-bond acceptors (Lipinski definition) is 7. The number of methoxy groups -OCH3 is 1. The summed E-state index contributed by atoms with van der Waals surface area (Å²) in [6.07, 6.45) is 1.51. The van der Waals surface area contributed by atoms with Crippen LogP contribution < -0.4 is 5.32 Å². The third-order valence-corrected chi connectivity index (χ3v) is 3.78. The molecule has 1 atom stereocenters. The molecule has 0 aliphatic rings. The van der Waals surface area contributed by atoms with Gasteiger partial charge in [-0.2, -0.15) is 0 Å². The maximum Gasteiger partial charge on any atom is 0.343 e. The van der Waals surface area contributed by atoms with E-state index in [1.807, 2.05) is 13.8 Å². The van der Waals surface area contributed by atoms with Crippen molar-refractivity contribution in [2.45, 2.75) is 33.2 Å². The fraction of sp³-hybridized carbons (Fsp3) is 0.429. The minimum Gasteiger partial charge on any atom is -0.506 e. The number of carbonyl (C=O) groups is 3. The summed E-state index contributed by atoms with van der Waals surface area (Å²) < 4.78 is 9.65. The van der Waals surface area contributed by atoms with Gasteiger partial charge < -0.3 is 19.9 Å². The quantitative estimate of drug-likeness (QED) is 0.268. The Morgan fingerprint density at radius 2 is 1.86 bits per heavy atom. The maximum absolute atomic E-state index is 12.2. The number of aliphatic hydroxyl groups excluding tert-OH is 1. The number of benzene rings is 1. The number of hydrogen-bond donors (Lipinski definition) is 2. The number of carbonyl (C=O) groups excluding carboxylic acids is 3. The largest absolute Gasteiger partial charge is 0.506 e. The third-order valence-electron chi connectivity index (χ3n) is 3.78. The Morgan fingerprint density at radius 1 is 1.21 bits per heavy atom. The molecule has 0 aromatic heterocycles. The van der Waals surface area contributed by atoms with Crippen molar-refractivity contribution in [3.05, 3.63) is 41.5 Å². The van der Waals surface area contributed by atoms with Crippen LogP contribution in [-0.2, 0) is 23.9 Å². The third kappa shape index (κ3) is 8.16. The molecule has 0 unspecified atom stereocenters. The van der Waals surface area contributed by atoms with Gasteiger partial charge in [0.2, 0.25) is 5.91 Å². The first-order chi connectivity index (χ1) is 13.8. The number of rotatable bonds is 10. The second-order valence-electron chi connectivity index (χ2n) is 6.59. The highest BCUT2D eigenvalue weighted by Gasteiger charge is 2.22. The van der Waals surface area contributed by atoms with Gasteiger partial charge in [0.1, 0.15) is 23.9 Å². The number of esters is 2. The Hall–Kier alpha value is -3.16. The minimum atomic E-state index is -0.777. The molecule has 0 saturated heterocycles. The molecule has 0 heterocycles. The van der Waals surface area contributed by atoms with Gasteiger partial charge in [-0.05, 0) is 19.3 Å². The van der Waals surface area contributed by atoms with Gasteiger partial charge in [-0.25, -0.2) is 9.59 Å². The van der Waals surface area contributed by atoms with Crippen molar-refractivity contribution in [1.82, 2.24) is 5.32 Å². The van der Waals surface area contributed by atoms with E-state index in [4.69, 9.17) is 9.47 Å². The van der Waals surface area contributed by atoms with Crippen molar-refractivity contribution in [3.63, 3.8) is 0 Å². The molecule has 0 spiro atoms. The maximum atomic E-state index is 12.2. The fourth-order valence-corrected chi connectivity index (χ4v) is 2.46.